The van der Waals surface area contributed by atoms with Gasteiger partial charge in [-0.15, -0.1) is 0 Å². The van der Waals surface area contributed by atoms with Gasteiger partial charge < -0.3 is 10.1 Å². The van der Waals surface area contributed by atoms with Gasteiger partial charge in [-0.2, -0.15) is 10.2 Å². The van der Waals surface area contributed by atoms with Crippen molar-refractivity contribution in [3.63, 3.8) is 0 Å². The monoisotopic (exact) mass is 532 g/mol. The van der Waals surface area contributed by atoms with Crippen LogP contribution in [0.2, 0.25) is 0 Å². The second kappa shape index (κ2) is 28.0. The van der Waals surface area contributed by atoms with E-state index in [-0.39, 0.29) is 0 Å². The standard InChI is InChI=1S/C17H32N2O.C9H13N.C6H14.C2H6/c1-5-7-8-11-17(6-2)13-12-16(4)19-18-15(3)10-9-14-20;1-7-4-5-9(10-3)8(2)6-7;1-5(2)6(3)4;1-2/h14,17H,5-13H2,1-4H3;4-6,10H,1-3H3;5-6H,1-4H3;1-2H3/b18-15+,19-16+;;;. The maximum Gasteiger partial charge on any atom is 0.120 e. The molecule has 38 heavy (non-hydrogen) atoms. The summed E-state index contributed by atoms with van der Waals surface area (Å²) < 4.78 is 0. The summed E-state index contributed by atoms with van der Waals surface area (Å²) in [7, 11) is 1.94. The summed E-state index contributed by atoms with van der Waals surface area (Å²) in [5.74, 6) is 2.53. The van der Waals surface area contributed by atoms with E-state index in [0.29, 0.717) is 6.42 Å². The number of carbonyl (C=O) groups excluding carboxylic acids is 1. The number of aryl methyl sites for hydroxylation is 2. The zero-order chi connectivity index (χ0) is 29.9. The average molecular weight is 532 g/mol. The van der Waals surface area contributed by atoms with Crippen LogP contribution in [0.3, 0.4) is 0 Å². The first-order chi connectivity index (χ1) is 18.0. The second-order valence-electron chi connectivity index (χ2n) is 10.7. The Labute approximate surface area is 238 Å². The molecule has 0 bridgehead atoms. The Morgan fingerprint density at radius 3 is 1.87 bits per heavy atom. The summed E-state index contributed by atoms with van der Waals surface area (Å²) in [4.78, 5) is 10.3. The maximum absolute atomic E-state index is 10.3. The van der Waals surface area contributed by atoms with E-state index >= 15 is 0 Å². The molecule has 1 unspecified atom stereocenters. The molecule has 0 saturated heterocycles. The molecule has 0 amide bonds. The van der Waals surface area contributed by atoms with Crippen LogP contribution >= 0.6 is 0 Å². The van der Waals surface area contributed by atoms with Crippen LogP contribution in [0, 0.1) is 31.6 Å². The van der Waals surface area contributed by atoms with Crippen molar-refractivity contribution in [2.45, 2.75) is 141 Å². The lowest BCUT2D eigenvalue weighted by Crippen LogP contribution is -2.02. The Balaban J connectivity index is -0.000000559. The van der Waals surface area contributed by atoms with Gasteiger partial charge in [-0.1, -0.05) is 105 Å². The SMILES string of the molecule is CC.CC(C)C(C)C.CCCCCC(CC)CC/C(C)=N/N=C(\C)CCC=O.CNc1ccc(C)cc1C. The predicted molar refractivity (Wildman–Crippen MR) is 175 cm³/mol. The molecular formula is C34H65N3O. The number of carbonyl (C=O) groups is 1. The zero-order valence-corrected chi connectivity index (χ0v) is 27.7. The Morgan fingerprint density at radius 2 is 1.45 bits per heavy atom. The molecule has 0 aliphatic heterocycles. The number of nitrogens with zero attached hydrogens (tertiary/aromatic N) is 2. The summed E-state index contributed by atoms with van der Waals surface area (Å²) in [5.41, 5.74) is 5.88. The van der Waals surface area contributed by atoms with Crippen molar-refractivity contribution in [3.8, 4) is 0 Å². The van der Waals surface area contributed by atoms with Crippen LogP contribution in [0.1, 0.15) is 138 Å². The van der Waals surface area contributed by atoms with Crippen LogP contribution in [0.4, 0.5) is 5.69 Å². The zero-order valence-electron chi connectivity index (χ0n) is 27.7. The highest BCUT2D eigenvalue weighted by Crippen LogP contribution is 2.19. The first-order valence-electron chi connectivity index (χ1n) is 15.3. The van der Waals surface area contributed by atoms with Gasteiger partial charge in [0.1, 0.15) is 6.29 Å². The first kappa shape index (κ1) is 40.5. The molecule has 1 aromatic carbocycles. The molecule has 0 aliphatic carbocycles. The Bertz CT molecular complexity index is 729. The van der Waals surface area contributed by atoms with Crippen LogP contribution in [0.5, 0.6) is 0 Å². The summed E-state index contributed by atoms with van der Waals surface area (Å²) in [6, 6.07) is 6.38. The van der Waals surface area contributed by atoms with Gasteiger partial charge in [0.15, 0.2) is 0 Å². The number of rotatable bonds is 14. The predicted octanol–water partition coefficient (Wildman–Crippen LogP) is 10.9. The molecule has 0 heterocycles. The van der Waals surface area contributed by atoms with E-state index in [1.165, 1.54) is 55.3 Å². The van der Waals surface area contributed by atoms with Gasteiger partial charge in [-0.25, -0.2) is 0 Å². The van der Waals surface area contributed by atoms with E-state index in [9.17, 15) is 4.79 Å². The van der Waals surface area contributed by atoms with Crippen LogP contribution in [-0.2, 0) is 4.79 Å². The van der Waals surface area contributed by atoms with Crippen molar-refractivity contribution in [2.75, 3.05) is 12.4 Å². The van der Waals surface area contributed by atoms with Crippen LogP contribution < -0.4 is 5.32 Å². The van der Waals surface area contributed by atoms with Crippen molar-refractivity contribution < 1.29 is 4.79 Å². The maximum atomic E-state index is 10.3. The van der Waals surface area contributed by atoms with Crippen molar-refractivity contribution in [2.24, 2.45) is 28.0 Å². The molecule has 0 fully saturated rings. The summed E-state index contributed by atoms with van der Waals surface area (Å²) in [5, 5.41) is 11.6. The summed E-state index contributed by atoms with van der Waals surface area (Å²) >= 11 is 0. The minimum Gasteiger partial charge on any atom is -0.388 e. The Hall–Kier alpha value is -1.97. The third-order valence-corrected chi connectivity index (χ3v) is 6.71. The van der Waals surface area contributed by atoms with Gasteiger partial charge in [-0.3, -0.25) is 0 Å². The lowest BCUT2D eigenvalue weighted by atomic mass is 9.93. The van der Waals surface area contributed by atoms with Gasteiger partial charge in [0.2, 0.25) is 0 Å². The fraction of sp³-hybridized carbons (Fsp3) is 0.735. The van der Waals surface area contributed by atoms with E-state index in [1.807, 2.05) is 27.8 Å². The van der Waals surface area contributed by atoms with E-state index < -0.39 is 0 Å². The number of aldehydes is 1. The van der Waals surface area contributed by atoms with Crippen LogP contribution in [0.15, 0.2) is 28.4 Å². The number of unbranched alkanes of at least 4 members (excludes halogenated alkanes) is 2. The molecule has 222 valence electrons. The highest BCUT2D eigenvalue weighted by Gasteiger charge is 2.06. The van der Waals surface area contributed by atoms with E-state index in [4.69, 9.17) is 0 Å². The lowest BCUT2D eigenvalue weighted by Gasteiger charge is -2.13. The number of anilines is 1. The Kier molecular flexibility index (Phi) is 29.9. The molecular weight excluding hydrogens is 466 g/mol. The molecule has 1 aromatic rings. The molecule has 1 rings (SSSR count). The van der Waals surface area contributed by atoms with Gasteiger partial charge in [-0.05, 0) is 76.3 Å². The molecule has 1 N–H and O–H groups in total. The molecule has 4 nitrogen and oxygen atoms in total. The smallest absolute Gasteiger partial charge is 0.120 e. The highest BCUT2D eigenvalue weighted by molar-refractivity contribution is 5.86. The van der Waals surface area contributed by atoms with Crippen molar-refractivity contribution >= 4 is 23.4 Å². The molecule has 0 radical (unpaired) electrons. The van der Waals surface area contributed by atoms with Crippen molar-refractivity contribution in [1.82, 2.24) is 0 Å². The van der Waals surface area contributed by atoms with E-state index in [1.54, 1.807) is 0 Å². The molecule has 0 spiro atoms. The minimum atomic E-state index is 0.541. The fourth-order valence-electron chi connectivity index (χ4n) is 3.28. The minimum absolute atomic E-state index is 0.541. The molecule has 4 heteroatoms. The van der Waals surface area contributed by atoms with Crippen molar-refractivity contribution in [1.29, 1.82) is 0 Å². The Morgan fingerprint density at radius 1 is 0.895 bits per heavy atom. The van der Waals surface area contributed by atoms with Crippen molar-refractivity contribution in [3.05, 3.63) is 29.3 Å². The second-order valence-corrected chi connectivity index (χ2v) is 10.7. The van der Waals surface area contributed by atoms with Gasteiger partial charge in [0.25, 0.3) is 0 Å². The van der Waals surface area contributed by atoms with Gasteiger partial charge in [0, 0.05) is 30.6 Å². The molecule has 0 aliphatic rings. The lowest BCUT2D eigenvalue weighted by molar-refractivity contribution is -0.107. The molecule has 1 atom stereocenters. The number of hydrogen-bond donors (Lipinski definition) is 1. The topological polar surface area (TPSA) is 53.8 Å². The van der Waals surface area contributed by atoms with E-state index in [0.717, 1.165) is 48.3 Å². The van der Waals surface area contributed by atoms with Crippen LogP contribution in [0.25, 0.3) is 0 Å². The number of nitrogens with one attached hydrogen (secondary N) is 1. The largest absolute Gasteiger partial charge is 0.388 e. The first-order valence-corrected chi connectivity index (χ1v) is 15.3. The molecule has 0 saturated carbocycles. The third-order valence-electron chi connectivity index (χ3n) is 6.71. The van der Waals surface area contributed by atoms with Gasteiger partial charge in [0.05, 0.1) is 0 Å². The normalized spacial score (nSPS) is 12.0. The van der Waals surface area contributed by atoms with Crippen LogP contribution in [-0.4, -0.2) is 24.8 Å². The average Bonchev–Trinajstić information content (AvgIpc) is 2.90. The summed E-state index contributed by atoms with van der Waals surface area (Å²) in [6.07, 6.45) is 11.1. The third kappa shape index (κ3) is 25.7. The fourth-order valence-corrected chi connectivity index (χ4v) is 3.28. The molecule has 0 aromatic heterocycles. The number of benzene rings is 1. The summed E-state index contributed by atoms with van der Waals surface area (Å²) in [6.45, 7) is 25.7. The van der Waals surface area contributed by atoms with E-state index in [2.05, 4.69) is 96.0 Å². The highest BCUT2D eigenvalue weighted by atomic mass is 16.1. The van der Waals surface area contributed by atoms with Gasteiger partial charge >= 0.3 is 0 Å². The number of hydrogen-bond acceptors (Lipinski definition) is 4. The quantitative estimate of drug-likeness (QED) is 0.112.